The molecule has 0 radical (unpaired) electrons. The van der Waals surface area contributed by atoms with Crippen LogP contribution in [0.25, 0.3) is 0 Å². The van der Waals surface area contributed by atoms with Gasteiger partial charge in [-0.15, -0.1) is 0 Å². The van der Waals surface area contributed by atoms with Crippen molar-refractivity contribution in [2.75, 3.05) is 20.3 Å². The molecule has 1 aromatic carbocycles. The van der Waals surface area contributed by atoms with E-state index >= 15 is 0 Å². The van der Waals surface area contributed by atoms with Crippen molar-refractivity contribution in [3.63, 3.8) is 0 Å². The fourth-order valence-electron chi connectivity index (χ4n) is 2.40. The molecule has 106 valence electrons. The number of rotatable bonds is 4. The van der Waals surface area contributed by atoms with Crippen molar-refractivity contribution < 1.29 is 9.47 Å². The van der Waals surface area contributed by atoms with Crippen LogP contribution in [-0.2, 0) is 0 Å². The van der Waals surface area contributed by atoms with Gasteiger partial charge in [0.2, 0.25) is 0 Å². The van der Waals surface area contributed by atoms with E-state index in [-0.39, 0.29) is 0 Å². The van der Waals surface area contributed by atoms with Gasteiger partial charge in [-0.1, -0.05) is 32.9 Å². The van der Waals surface area contributed by atoms with Gasteiger partial charge in [-0.05, 0) is 31.4 Å². The predicted molar refractivity (Wildman–Crippen MR) is 77.9 cm³/mol. The molecule has 1 heterocycles. The molecule has 1 aliphatic heterocycles. The first-order chi connectivity index (χ1) is 9.01. The molecule has 0 aliphatic carbocycles. The first kappa shape index (κ1) is 14.2. The number of fused-ring (bicyclic) bond motifs is 1. The third kappa shape index (κ3) is 3.63. The van der Waals surface area contributed by atoms with Gasteiger partial charge in [-0.2, -0.15) is 0 Å². The van der Waals surface area contributed by atoms with Crippen LogP contribution in [0.4, 0.5) is 0 Å². The van der Waals surface area contributed by atoms with Crippen LogP contribution in [0.15, 0.2) is 18.2 Å². The number of hydrogen-bond acceptors (Lipinski definition) is 3. The van der Waals surface area contributed by atoms with Crippen molar-refractivity contribution in [1.82, 2.24) is 5.32 Å². The first-order valence-corrected chi connectivity index (χ1v) is 7.07. The lowest BCUT2D eigenvalue weighted by Gasteiger charge is -2.27. The minimum atomic E-state index is 0.316. The second-order valence-corrected chi connectivity index (χ2v) is 6.31. The van der Waals surface area contributed by atoms with Crippen LogP contribution in [0.3, 0.4) is 0 Å². The van der Waals surface area contributed by atoms with Crippen LogP contribution in [-0.4, -0.2) is 20.3 Å². The van der Waals surface area contributed by atoms with Crippen molar-refractivity contribution in [2.45, 2.75) is 39.7 Å². The van der Waals surface area contributed by atoms with Crippen molar-refractivity contribution in [3.05, 3.63) is 23.8 Å². The summed E-state index contributed by atoms with van der Waals surface area (Å²) in [7, 11) is 2.01. The Balaban J connectivity index is 2.18. The van der Waals surface area contributed by atoms with Crippen LogP contribution in [0.5, 0.6) is 11.5 Å². The van der Waals surface area contributed by atoms with E-state index in [1.54, 1.807) is 0 Å². The lowest BCUT2D eigenvalue weighted by atomic mass is 9.87. The van der Waals surface area contributed by atoms with E-state index in [0.717, 1.165) is 17.9 Å². The van der Waals surface area contributed by atoms with E-state index in [0.29, 0.717) is 24.7 Å². The van der Waals surface area contributed by atoms with Crippen LogP contribution in [0.2, 0.25) is 0 Å². The molecular weight excluding hydrogens is 238 g/mol. The molecule has 2 rings (SSSR count). The summed E-state index contributed by atoms with van der Waals surface area (Å²) < 4.78 is 11.5. The van der Waals surface area contributed by atoms with Gasteiger partial charge < -0.3 is 14.8 Å². The van der Waals surface area contributed by atoms with Crippen molar-refractivity contribution in [2.24, 2.45) is 5.41 Å². The number of para-hydroxylation sites is 1. The summed E-state index contributed by atoms with van der Waals surface area (Å²) in [5.74, 6) is 1.79. The minimum Gasteiger partial charge on any atom is -0.486 e. The summed E-state index contributed by atoms with van der Waals surface area (Å²) in [5, 5.41) is 3.41. The van der Waals surface area contributed by atoms with Gasteiger partial charge >= 0.3 is 0 Å². The molecule has 1 aromatic rings. The largest absolute Gasteiger partial charge is 0.486 e. The monoisotopic (exact) mass is 263 g/mol. The van der Waals surface area contributed by atoms with E-state index in [1.165, 1.54) is 12.0 Å². The van der Waals surface area contributed by atoms with E-state index in [2.05, 4.69) is 32.2 Å². The standard InChI is InChI=1S/C16H25NO2/c1-16(2,3)9-8-13(17-4)12-6-5-7-14-15(12)19-11-10-18-14/h5-7,13,17H,8-11H2,1-4H3. The molecule has 19 heavy (non-hydrogen) atoms. The zero-order valence-corrected chi connectivity index (χ0v) is 12.5. The lowest BCUT2D eigenvalue weighted by molar-refractivity contribution is 0.168. The normalized spacial score (nSPS) is 16.2. The maximum absolute atomic E-state index is 5.80. The molecule has 0 aromatic heterocycles. The lowest BCUT2D eigenvalue weighted by Crippen LogP contribution is -2.22. The zero-order chi connectivity index (χ0) is 13.9. The van der Waals surface area contributed by atoms with Crippen molar-refractivity contribution >= 4 is 0 Å². The topological polar surface area (TPSA) is 30.5 Å². The summed E-state index contributed by atoms with van der Waals surface area (Å²) in [6.07, 6.45) is 2.27. The molecule has 0 fully saturated rings. The first-order valence-electron chi connectivity index (χ1n) is 7.07. The molecule has 1 atom stereocenters. The Kier molecular flexibility index (Phi) is 4.35. The number of ether oxygens (including phenoxy) is 2. The van der Waals surface area contributed by atoms with E-state index in [4.69, 9.17) is 9.47 Å². The Labute approximate surface area is 116 Å². The third-order valence-electron chi connectivity index (χ3n) is 3.50. The quantitative estimate of drug-likeness (QED) is 0.901. The summed E-state index contributed by atoms with van der Waals surface area (Å²) in [6.45, 7) is 8.11. The number of benzene rings is 1. The summed E-state index contributed by atoms with van der Waals surface area (Å²) >= 11 is 0. The molecule has 0 saturated heterocycles. The fourth-order valence-corrected chi connectivity index (χ4v) is 2.40. The molecular formula is C16H25NO2. The average molecular weight is 263 g/mol. The minimum absolute atomic E-state index is 0.316. The molecule has 3 nitrogen and oxygen atoms in total. The second-order valence-electron chi connectivity index (χ2n) is 6.31. The molecule has 1 N–H and O–H groups in total. The Morgan fingerprint density at radius 3 is 2.63 bits per heavy atom. The van der Waals surface area contributed by atoms with E-state index in [9.17, 15) is 0 Å². The van der Waals surface area contributed by atoms with Crippen LogP contribution in [0, 0.1) is 5.41 Å². The predicted octanol–water partition coefficient (Wildman–Crippen LogP) is 3.54. The SMILES string of the molecule is CNC(CCC(C)(C)C)c1cccc2c1OCCO2. The maximum Gasteiger partial charge on any atom is 0.166 e. The van der Waals surface area contributed by atoms with Crippen LogP contribution < -0.4 is 14.8 Å². The van der Waals surface area contributed by atoms with Crippen molar-refractivity contribution in [3.8, 4) is 11.5 Å². The average Bonchev–Trinajstić information content (AvgIpc) is 2.38. The number of nitrogens with one attached hydrogen (secondary N) is 1. The van der Waals surface area contributed by atoms with E-state index in [1.807, 2.05) is 19.2 Å². The molecule has 0 bridgehead atoms. The Morgan fingerprint density at radius 1 is 1.21 bits per heavy atom. The van der Waals surface area contributed by atoms with Crippen LogP contribution >= 0.6 is 0 Å². The number of hydrogen-bond donors (Lipinski definition) is 1. The summed E-state index contributed by atoms with van der Waals surface area (Å²) in [6, 6.07) is 6.48. The highest BCUT2D eigenvalue weighted by atomic mass is 16.6. The molecule has 1 aliphatic rings. The van der Waals surface area contributed by atoms with Gasteiger partial charge in [0.1, 0.15) is 13.2 Å². The second kappa shape index (κ2) is 5.83. The van der Waals surface area contributed by atoms with Gasteiger partial charge in [-0.3, -0.25) is 0 Å². The highest BCUT2D eigenvalue weighted by Crippen LogP contribution is 2.39. The fraction of sp³-hybridized carbons (Fsp3) is 0.625. The summed E-state index contributed by atoms with van der Waals surface area (Å²) in [4.78, 5) is 0. The van der Waals surface area contributed by atoms with E-state index < -0.39 is 0 Å². The highest BCUT2D eigenvalue weighted by molar-refractivity contribution is 5.48. The van der Waals surface area contributed by atoms with Gasteiger partial charge in [0.25, 0.3) is 0 Å². The molecule has 1 unspecified atom stereocenters. The third-order valence-corrected chi connectivity index (χ3v) is 3.50. The summed E-state index contributed by atoms with van der Waals surface area (Å²) in [5.41, 5.74) is 1.56. The molecule has 0 amide bonds. The van der Waals surface area contributed by atoms with Gasteiger partial charge in [0.15, 0.2) is 11.5 Å². The molecule has 0 saturated carbocycles. The molecule has 0 spiro atoms. The molecule has 3 heteroatoms. The van der Waals surface area contributed by atoms with Crippen LogP contribution in [0.1, 0.15) is 45.2 Å². The highest BCUT2D eigenvalue weighted by Gasteiger charge is 2.22. The Morgan fingerprint density at radius 2 is 1.95 bits per heavy atom. The maximum atomic E-state index is 5.80. The Hall–Kier alpha value is -1.22. The van der Waals surface area contributed by atoms with Gasteiger partial charge in [0, 0.05) is 11.6 Å². The zero-order valence-electron chi connectivity index (χ0n) is 12.5. The van der Waals surface area contributed by atoms with Crippen molar-refractivity contribution in [1.29, 1.82) is 0 Å². The van der Waals surface area contributed by atoms with Gasteiger partial charge in [-0.25, -0.2) is 0 Å². The Bertz CT molecular complexity index is 423. The van der Waals surface area contributed by atoms with Gasteiger partial charge in [0.05, 0.1) is 0 Å². The smallest absolute Gasteiger partial charge is 0.166 e.